The Balaban J connectivity index is 1.76. The molecule has 0 spiro atoms. The van der Waals surface area contributed by atoms with Crippen LogP contribution in [0.3, 0.4) is 0 Å². The number of aromatic amines is 1. The fourth-order valence-electron chi connectivity index (χ4n) is 2.33. The number of aromatic nitrogens is 3. The molecule has 8 heteroatoms. The fourth-order valence-corrected chi connectivity index (χ4v) is 3.16. The minimum Gasteiger partial charge on any atom is -0.302 e. The number of amides is 1. The van der Waals surface area contributed by atoms with Crippen molar-refractivity contribution in [1.82, 2.24) is 14.8 Å². The molecule has 0 saturated heterocycles. The molecule has 0 bridgehead atoms. The summed E-state index contributed by atoms with van der Waals surface area (Å²) in [5.74, 6) is -0.260. The molecule has 1 amide bonds. The highest BCUT2D eigenvalue weighted by atomic mass is 32.1. The highest BCUT2D eigenvalue weighted by molar-refractivity contribution is 7.15. The third kappa shape index (κ3) is 3.13. The molecule has 0 aliphatic carbocycles. The maximum atomic E-state index is 12.4. The molecule has 0 aliphatic rings. The molecule has 3 aromatic rings. The van der Waals surface area contributed by atoms with Gasteiger partial charge in [0.15, 0.2) is 5.13 Å². The third-order valence-corrected chi connectivity index (χ3v) is 4.71. The minimum atomic E-state index is -0.350. The second-order valence-corrected chi connectivity index (χ2v) is 6.61. The maximum absolute atomic E-state index is 12.4. The Kier molecular flexibility index (Phi) is 4.30. The lowest BCUT2D eigenvalue weighted by molar-refractivity contribution is -0.116. The number of aryl methyl sites for hydroxylation is 3. The van der Waals surface area contributed by atoms with Crippen LogP contribution in [-0.4, -0.2) is 20.7 Å². The third-order valence-electron chi connectivity index (χ3n) is 3.72. The van der Waals surface area contributed by atoms with E-state index in [1.807, 2.05) is 13.8 Å². The van der Waals surface area contributed by atoms with Crippen molar-refractivity contribution in [3.05, 3.63) is 55.5 Å². The molecule has 0 saturated carbocycles. The van der Waals surface area contributed by atoms with Crippen LogP contribution in [-0.2, 0) is 11.3 Å². The van der Waals surface area contributed by atoms with E-state index >= 15 is 0 Å². The molecule has 24 heavy (non-hydrogen) atoms. The molecule has 0 unspecified atom stereocenters. The summed E-state index contributed by atoms with van der Waals surface area (Å²) in [6.07, 6.45) is 0.0614. The second kappa shape index (κ2) is 6.40. The van der Waals surface area contributed by atoms with Gasteiger partial charge in [-0.05, 0) is 26.0 Å². The van der Waals surface area contributed by atoms with Gasteiger partial charge in [0.2, 0.25) is 5.91 Å². The molecular weight excluding hydrogens is 328 g/mol. The van der Waals surface area contributed by atoms with Crippen molar-refractivity contribution >= 4 is 33.1 Å². The van der Waals surface area contributed by atoms with Gasteiger partial charge in [0, 0.05) is 11.3 Å². The summed E-state index contributed by atoms with van der Waals surface area (Å²) in [7, 11) is 0. The Morgan fingerprint density at radius 1 is 1.25 bits per heavy atom. The summed E-state index contributed by atoms with van der Waals surface area (Å²) in [5, 5.41) is 6.43. The number of hydrogen-bond acceptors (Lipinski definition) is 5. The van der Waals surface area contributed by atoms with Crippen LogP contribution in [0.5, 0.6) is 0 Å². The number of carbonyl (C=O) groups excluding carboxylic acids is 1. The number of benzene rings is 1. The van der Waals surface area contributed by atoms with Crippen LogP contribution in [0.2, 0.25) is 0 Å². The standard InChI is InChI=1S/C16H16N4O3S/c1-9-10(2)24-16(17-9)18-13(21)7-8-20-15(23)12-6-4-3-5-11(12)14(22)19-20/h3-6H,7-8H2,1-2H3,(H,19,22)(H,17,18,21). The number of rotatable bonds is 4. The minimum absolute atomic E-state index is 0.0614. The smallest absolute Gasteiger partial charge is 0.273 e. The van der Waals surface area contributed by atoms with Gasteiger partial charge in [-0.2, -0.15) is 0 Å². The summed E-state index contributed by atoms with van der Waals surface area (Å²) in [4.78, 5) is 41.6. The van der Waals surface area contributed by atoms with E-state index in [1.54, 1.807) is 24.3 Å². The van der Waals surface area contributed by atoms with Crippen LogP contribution in [0, 0.1) is 13.8 Å². The van der Waals surface area contributed by atoms with E-state index in [1.165, 1.54) is 16.0 Å². The average Bonchev–Trinajstić information content (AvgIpc) is 2.87. The van der Waals surface area contributed by atoms with Gasteiger partial charge in [-0.3, -0.25) is 19.5 Å². The molecule has 2 aromatic heterocycles. The molecule has 0 radical (unpaired) electrons. The first-order chi connectivity index (χ1) is 11.5. The highest BCUT2D eigenvalue weighted by Crippen LogP contribution is 2.21. The quantitative estimate of drug-likeness (QED) is 0.754. The number of H-pyrrole nitrogens is 1. The Morgan fingerprint density at radius 3 is 2.62 bits per heavy atom. The van der Waals surface area contributed by atoms with Gasteiger partial charge < -0.3 is 5.32 Å². The molecule has 7 nitrogen and oxygen atoms in total. The SMILES string of the molecule is Cc1nc(NC(=O)CCn2[nH]c(=O)c3ccccc3c2=O)sc1C. The molecule has 0 aliphatic heterocycles. The molecule has 3 rings (SSSR count). The summed E-state index contributed by atoms with van der Waals surface area (Å²) in [6.45, 7) is 3.90. The number of carbonyl (C=O) groups is 1. The lowest BCUT2D eigenvalue weighted by Crippen LogP contribution is -2.31. The van der Waals surface area contributed by atoms with Gasteiger partial charge in [-0.1, -0.05) is 12.1 Å². The summed E-state index contributed by atoms with van der Waals surface area (Å²) in [6, 6.07) is 6.60. The van der Waals surface area contributed by atoms with Crippen molar-refractivity contribution in [2.75, 3.05) is 5.32 Å². The van der Waals surface area contributed by atoms with Crippen molar-refractivity contribution in [3.8, 4) is 0 Å². The molecule has 124 valence electrons. The molecular formula is C16H16N4O3S. The van der Waals surface area contributed by atoms with E-state index in [4.69, 9.17) is 0 Å². The van der Waals surface area contributed by atoms with Crippen molar-refractivity contribution in [2.45, 2.75) is 26.8 Å². The zero-order valence-corrected chi connectivity index (χ0v) is 14.1. The Morgan fingerprint density at radius 2 is 1.96 bits per heavy atom. The van der Waals surface area contributed by atoms with E-state index in [0.29, 0.717) is 15.9 Å². The predicted octanol–water partition coefficient (Wildman–Crippen LogP) is 1.79. The van der Waals surface area contributed by atoms with E-state index < -0.39 is 0 Å². The first-order valence-electron chi connectivity index (χ1n) is 7.41. The van der Waals surface area contributed by atoms with Crippen molar-refractivity contribution in [1.29, 1.82) is 0 Å². The topological polar surface area (TPSA) is 96.8 Å². The Bertz CT molecular complexity index is 1010. The van der Waals surface area contributed by atoms with Gasteiger partial charge in [-0.25, -0.2) is 9.67 Å². The first kappa shape index (κ1) is 16.1. The van der Waals surface area contributed by atoms with E-state index in [-0.39, 0.29) is 30.0 Å². The van der Waals surface area contributed by atoms with Crippen molar-refractivity contribution in [2.24, 2.45) is 0 Å². The van der Waals surface area contributed by atoms with Gasteiger partial charge in [0.25, 0.3) is 11.1 Å². The van der Waals surface area contributed by atoms with Crippen LogP contribution >= 0.6 is 11.3 Å². The normalized spacial score (nSPS) is 10.9. The van der Waals surface area contributed by atoms with Crippen LogP contribution in [0.25, 0.3) is 10.8 Å². The Labute approximate surface area is 141 Å². The lowest BCUT2D eigenvalue weighted by atomic mass is 10.2. The van der Waals surface area contributed by atoms with Gasteiger partial charge >= 0.3 is 0 Å². The Hall–Kier alpha value is -2.74. The van der Waals surface area contributed by atoms with Crippen LogP contribution < -0.4 is 16.4 Å². The molecule has 0 atom stereocenters. The van der Waals surface area contributed by atoms with E-state index in [2.05, 4.69) is 15.4 Å². The number of hydrogen-bond donors (Lipinski definition) is 2. The zero-order valence-electron chi connectivity index (χ0n) is 13.3. The van der Waals surface area contributed by atoms with Gasteiger partial charge in [0.1, 0.15) is 0 Å². The van der Waals surface area contributed by atoms with Gasteiger partial charge in [-0.15, -0.1) is 11.3 Å². The zero-order chi connectivity index (χ0) is 17.3. The van der Waals surface area contributed by atoms with E-state index in [9.17, 15) is 14.4 Å². The van der Waals surface area contributed by atoms with Crippen LogP contribution in [0.4, 0.5) is 5.13 Å². The first-order valence-corrected chi connectivity index (χ1v) is 8.23. The monoisotopic (exact) mass is 344 g/mol. The maximum Gasteiger partial charge on any atom is 0.273 e. The molecule has 2 N–H and O–H groups in total. The fraction of sp³-hybridized carbons (Fsp3) is 0.250. The van der Waals surface area contributed by atoms with Crippen molar-refractivity contribution < 1.29 is 4.79 Å². The number of nitrogens with zero attached hydrogens (tertiary/aromatic N) is 2. The summed E-state index contributed by atoms with van der Waals surface area (Å²) >= 11 is 1.40. The molecule has 0 fully saturated rings. The second-order valence-electron chi connectivity index (χ2n) is 5.40. The lowest BCUT2D eigenvalue weighted by Gasteiger charge is -2.07. The number of nitrogens with one attached hydrogen (secondary N) is 2. The summed E-state index contributed by atoms with van der Waals surface area (Å²) < 4.78 is 1.17. The number of thiazole rings is 1. The van der Waals surface area contributed by atoms with Crippen molar-refractivity contribution in [3.63, 3.8) is 0 Å². The largest absolute Gasteiger partial charge is 0.302 e. The number of anilines is 1. The average molecular weight is 344 g/mol. The van der Waals surface area contributed by atoms with Crippen LogP contribution in [0.15, 0.2) is 33.9 Å². The molecule has 2 heterocycles. The number of fused-ring (bicyclic) bond motifs is 1. The molecule has 1 aromatic carbocycles. The van der Waals surface area contributed by atoms with E-state index in [0.717, 1.165) is 10.6 Å². The predicted molar refractivity (Wildman–Crippen MR) is 93.7 cm³/mol. The highest BCUT2D eigenvalue weighted by Gasteiger charge is 2.10. The summed E-state index contributed by atoms with van der Waals surface area (Å²) in [5.41, 5.74) is 0.209. The van der Waals surface area contributed by atoms with Crippen LogP contribution in [0.1, 0.15) is 17.0 Å². The van der Waals surface area contributed by atoms with Gasteiger partial charge in [0.05, 0.1) is 23.0 Å².